The highest BCUT2D eigenvalue weighted by molar-refractivity contribution is 5.88. The number of aryl methyl sites for hydroxylation is 1. The van der Waals surface area contributed by atoms with E-state index in [1.807, 2.05) is 37.6 Å². The molecule has 3 aromatic rings. The first-order valence-corrected chi connectivity index (χ1v) is 10.5. The summed E-state index contributed by atoms with van der Waals surface area (Å²) in [7, 11) is 1.86. The van der Waals surface area contributed by atoms with Crippen molar-refractivity contribution in [3.8, 4) is 11.3 Å². The molecule has 0 bridgehead atoms. The quantitative estimate of drug-likeness (QED) is 0.643. The van der Waals surface area contributed by atoms with Crippen LogP contribution in [-0.2, 0) is 18.3 Å². The number of carbonyl (C=O) groups is 1. The van der Waals surface area contributed by atoms with Gasteiger partial charge in [-0.3, -0.25) is 14.5 Å². The lowest BCUT2D eigenvalue weighted by molar-refractivity contribution is -0.123. The number of ketones is 1. The van der Waals surface area contributed by atoms with Crippen LogP contribution >= 0.6 is 0 Å². The van der Waals surface area contributed by atoms with Crippen LogP contribution in [-0.4, -0.2) is 50.3 Å². The third-order valence-electron chi connectivity index (χ3n) is 5.70. The van der Waals surface area contributed by atoms with E-state index in [4.69, 9.17) is 0 Å². The van der Waals surface area contributed by atoms with E-state index in [1.165, 1.54) is 0 Å². The maximum atomic E-state index is 12.8. The van der Waals surface area contributed by atoms with Crippen LogP contribution in [0.15, 0.2) is 36.7 Å². The first-order chi connectivity index (χ1) is 14.0. The smallest absolute Gasteiger partial charge is 0.142 e. The molecule has 4 rings (SSSR count). The monoisotopic (exact) mass is 391 g/mol. The molecule has 1 fully saturated rings. The molecular weight excluding hydrogens is 362 g/mol. The summed E-state index contributed by atoms with van der Waals surface area (Å²) in [5.74, 6) is 1.17. The lowest BCUT2D eigenvalue weighted by Gasteiger charge is -2.32. The summed E-state index contributed by atoms with van der Waals surface area (Å²) in [4.78, 5) is 19.9. The molecular formula is C23H29N5O. The van der Waals surface area contributed by atoms with E-state index in [2.05, 4.69) is 40.1 Å². The van der Waals surface area contributed by atoms with Gasteiger partial charge in [0.2, 0.25) is 0 Å². The van der Waals surface area contributed by atoms with Crippen LogP contribution in [0.25, 0.3) is 22.0 Å². The fourth-order valence-corrected chi connectivity index (χ4v) is 4.20. The Labute approximate surface area is 171 Å². The van der Waals surface area contributed by atoms with Gasteiger partial charge >= 0.3 is 0 Å². The molecule has 6 nitrogen and oxygen atoms in total. The molecule has 6 heteroatoms. The predicted octanol–water partition coefficient (Wildman–Crippen LogP) is 3.51. The van der Waals surface area contributed by atoms with Crippen LogP contribution in [0.5, 0.6) is 0 Å². The number of piperidine rings is 1. The Balaban J connectivity index is 1.44. The number of aromatic nitrogens is 4. The van der Waals surface area contributed by atoms with Crippen LogP contribution in [0.3, 0.4) is 0 Å². The van der Waals surface area contributed by atoms with Crippen molar-refractivity contribution >= 4 is 16.6 Å². The number of carbonyl (C=O) groups excluding carboxylic acids is 1. The maximum Gasteiger partial charge on any atom is 0.142 e. The van der Waals surface area contributed by atoms with E-state index in [-0.39, 0.29) is 5.92 Å². The van der Waals surface area contributed by atoms with Gasteiger partial charge in [0.25, 0.3) is 0 Å². The average Bonchev–Trinajstić information content (AvgIpc) is 3.14. The number of nitrogens with zero attached hydrogens (tertiary/aromatic N) is 5. The third kappa shape index (κ3) is 4.70. The second kappa shape index (κ2) is 8.41. The molecule has 3 heterocycles. The van der Waals surface area contributed by atoms with Gasteiger partial charge in [0.05, 0.1) is 6.20 Å². The third-order valence-corrected chi connectivity index (χ3v) is 5.70. The molecule has 0 aliphatic carbocycles. The SMILES string of the molecule is CC(C)CN1CCC(C(=O)Cc2cc3cc(-c4cn(C)nn4)ccc3cn2)CC1. The molecule has 0 spiro atoms. The Hall–Kier alpha value is -2.60. The van der Waals surface area contributed by atoms with Gasteiger partial charge in [-0.15, -0.1) is 5.10 Å². The zero-order valence-corrected chi connectivity index (χ0v) is 17.5. The average molecular weight is 392 g/mol. The zero-order valence-electron chi connectivity index (χ0n) is 17.5. The van der Waals surface area contributed by atoms with Crippen molar-refractivity contribution in [2.24, 2.45) is 18.9 Å². The van der Waals surface area contributed by atoms with Crippen molar-refractivity contribution in [2.75, 3.05) is 19.6 Å². The van der Waals surface area contributed by atoms with E-state index in [0.29, 0.717) is 18.1 Å². The first kappa shape index (κ1) is 19.7. The van der Waals surface area contributed by atoms with Gasteiger partial charge in [-0.2, -0.15) is 0 Å². The number of fused-ring (bicyclic) bond motifs is 1. The standard InChI is InChI=1S/C23H29N5O/c1-16(2)14-28-8-6-17(7-9-28)23(29)12-21-11-20-10-18(4-5-19(20)13-24-21)22-15-27(3)26-25-22/h4-5,10-11,13,15-17H,6-9,12,14H2,1-3H3. The molecule has 1 aliphatic rings. The van der Waals surface area contributed by atoms with Crippen molar-refractivity contribution < 1.29 is 4.79 Å². The van der Waals surface area contributed by atoms with Gasteiger partial charge in [0.1, 0.15) is 11.5 Å². The van der Waals surface area contributed by atoms with Crippen molar-refractivity contribution in [2.45, 2.75) is 33.1 Å². The summed E-state index contributed by atoms with van der Waals surface area (Å²) in [5, 5.41) is 10.3. The number of hydrogen-bond donors (Lipinski definition) is 0. The predicted molar refractivity (Wildman–Crippen MR) is 114 cm³/mol. The van der Waals surface area contributed by atoms with Crippen molar-refractivity contribution in [1.82, 2.24) is 24.9 Å². The number of rotatable bonds is 6. The summed E-state index contributed by atoms with van der Waals surface area (Å²) in [6, 6.07) is 8.21. The van der Waals surface area contributed by atoms with E-state index < -0.39 is 0 Å². The first-order valence-electron chi connectivity index (χ1n) is 10.5. The highest BCUT2D eigenvalue weighted by Crippen LogP contribution is 2.24. The fraction of sp³-hybridized carbons (Fsp3) is 0.478. The van der Waals surface area contributed by atoms with Crippen LogP contribution < -0.4 is 0 Å². The van der Waals surface area contributed by atoms with Crippen LogP contribution in [0.2, 0.25) is 0 Å². The summed E-state index contributed by atoms with van der Waals surface area (Å²) < 4.78 is 1.70. The van der Waals surface area contributed by atoms with Gasteiger partial charge in [-0.25, -0.2) is 0 Å². The van der Waals surface area contributed by atoms with E-state index in [9.17, 15) is 4.79 Å². The summed E-state index contributed by atoms with van der Waals surface area (Å²) in [5.41, 5.74) is 2.71. The van der Waals surface area contributed by atoms with Crippen LogP contribution in [0.4, 0.5) is 0 Å². The molecule has 1 saturated heterocycles. The second-order valence-electron chi connectivity index (χ2n) is 8.63. The minimum atomic E-state index is 0.168. The van der Waals surface area contributed by atoms with Gasteiger partial charge in [-0.1, -0.05) is 31.2 Å². The van der Waals surface area contributed by atoms with E-state index >= 15 is 0 Å². The van der Waals surface area contributed by atoms with Crippen LogP contribution in [0.1, 0.15) is 32.4 Å². The Morgan fingerprint density at radius 2 is 1.97 bits per heavy atom. The molecule has 0 amide bonds. The zero-order chi connectivity index (χ0) is 20.4. The fourth-order valence-electron chi connectivity index (χ4n) is 4.20. The Morgan fingerprint density at radius 3 is 2.66 bits per heavy atom. The number of pyridine rings is 1. The van der Waals surface area contributed by atoms with Crippen LogP contribution in [0, 0.1) is 11.8 Å². The van der Waals surface area contributed by atoms with Gasteiger partial charge in [0, 0.05) is 48.8 Å². The summed E-state index contributed by atoms with van der Waals surface area (Å²) >= 11 is 0. The Kier molecular flexibility index (Phi) is 5.72. The maximum absolute atomic E-state index is 12.8. The molecule has 0 radical (unpaired) electrons. The highest BCUT2D eigenvalue weighted by Gasteiger charge is 2.25. The molecule has 0 N–H and O–H groups in total. The van der Waals surface area contributed by atoms with Crippen molar-refractivity contribution in [3.63, 3.8) is 0 Å². The molecule has 0 saturated carbocycles. The Morgan fingerprint density at radius 1 is 1.17 bits per heavy atom. The Bertz CT molecular complexity index is 1000. The van der Waals surface area contributed by atoms with Crippen molar-refractivity contribution in [3.05, 3.63) is 42.4 Å². The number of benzene rings is 1. The molecule has 29 heavy (non-hydrogen) atoms. The minimum absolute atomic E-state index is 0.168. The second-order valence-corrected chi connectivity index (χ2v) is 8.63. The summed E-state index contributed by atoms with van der Waals surface area (Å²) in [6.07, 6.45) is 6.12. The molecule has 0 unspecified atom stereocenters. The minimum Gasteiger partial charge on any atom is -0.303 e. The van der Waals surface area contributed by atoms with E-state index in [0.717, 1.165) is 60.2 Å². The topological polar surface area (TPSA) is 63.9 Å². The molecule has 2 aromatic heterocycles. The van der Waals surface area contributed by atoms with Gasteiger partial charge in [0.15, 0.2) is 0 Å². The summed E-state index contributed by atoms with van der Waals surface area (Å²) in [6.45, 7) is 7.68. The van der Waals surface area contributed by atoms with Gasteiger partial charge < -0.3 is 4.90 Å². The molecule has 152 valence electrons. The normalized spacial score (nSPS) is 16.0. The van der Waals surface area contributed by atoms with Gasteiger partial charge in [-0.05, 0) is 49.4 Å². The number of likely N-dealkylation sites (tertiary alicyclic amines) is 1. The largest absolute Gasteiger partial charge is 0.303 e. The lowest BCUT2D eigenvalue weighted by atomic mass is 9.89. The molecule has 1 aromatic carbocycles. The van der Waals surface area contributed by atoms with E-state index in [1.54, 1.807) is 4.68 Å². The lowest BCUT2D eigenvalue weighted by Crippen LogP contribution is -2.38. The van der Waals surface area contributed by atoms with Crippen molar-refractivity contribution in [1.29, 1.82) is 0 Å². The molecule has 0 atom stereocenters. The molecule has 1 aliphatic heterocycles. The number of hydrogen-bond acceptors (Lipinski definition) is 5. The number of Topliss-reactive ketones (excluding diaryl/α,β-unsaturated/α-hetero) is 1. The highest BCUT2D eigenvalue weighted by atomic mass is 16.1.